The molecule has 2 unspecified atom stereocenters. The minimum atomic E-state index is -3.19. The molecule has 0 heterocycles. The van der Waals surface area contributed by atoms with Gasteiger partial charge in [0.1, 0.15) is 0 Å². The molecule has 2 N–H and O–H groups in total. The number of carbonyl (C=O) groups excluding carboxylic acids is 1. The number of esters is 1. The minimum Gasteiger partial charge on any atom is -0.469 e. The largest absolute Gasteiger partial charge is 0.469 e. The zero-order valence-corrected chi connectivity index (χ0v) is 9.65. The van der Waals surface area contributed by atoms with Crippen molar-refractivity contribution in [2.45, 2.75) is 11.7 Å². The summed E-state index contributed by atoms with van der Waals surface area (Å²) in [5.74, 6) is -0.523. The zero-order chi connectivity index (χ0) is 10.3. The lowest BCUT2D eigenvalue weighted by Crippen LogP contribution is -2.32. The van der Waals surface area contributed by atoms with Gasteiger partial charge in [0.25, 0.3) is 0 Å². The van der Waals surface area contributed by atoms with Crippen LogP contribution in [0.2, 0.25) is 0 Å². The molecule has 0 radical (unpaired) electrons. The van der Waals surface area contributed by atoms with Crippen molar-refractivity contribution in [3.05, 3.63) is 0 Å². The number of methoxy groups -OCH3 is 1. The summed E-state index contributed by atoms with van der Waals surface area (Å²) in [5, 5.41) is -0.655. The van der Waals surface area contributed by atoms with E-state index in [0.29, 0.717) is 0 Å². The quantitative estimate of drug-likeness (QED) is 0.666. The molecule has 14 heavy (non-hydrogen) atoms. The second-order valence-corrected chi connectivity index (χ2v) is 5.60. The Balaban J connectivity index is 0.00000169. The maximum absolute atomic E-state index is 11.2. The Labute approximate surface area is 89.3 Å². The molecule has 84 valence electrons. The fourth-order valence-corrected chi connectivity index (χ4v) is 3.16. The van der Waals surface area contributed by atoms with Crippen LogP contribution in [0.25, 0.3) is 0 Å². The molecule has 1 saturated carbocycles. The van der Waals surface area contributed by atoms with Gasteiger partial charge in [-0.3, -0.25) is 4.79 Å². The third kappa shape index (κ3) is 2.02. The van der Waals surface area contributed by atoms with Gasteiger partial charge < -0.3 is 10.5 Å². The average molecular weight is 244 g/mol. The van der Waals surface area contributed by atoms with E-state index in [9.17, 15) is 13.2 Å². The van der Waals surface area contributed by atoms with Crippen molar-refractivity contribution in [2.75, 3.05) is 19.9 Å². The first kappa shape index (κ1) is 13.7. The highest BCUT2D eigenvalue weighted by atomic mass is 35.5. The van der Waals surface area contributed by atoms with Gasteiger partial charge in [0.05, 0.1) is 17.8 Å². The molecule has 0 bridgehead atoms. The first-order valence-electron chi connectivity index (χ1n) is 3.86. The number of sulfone groups is 1. The number of ether oxygens (including phenoxy) is 1. The molecule has 0 amide bonds. The summed E-state index contributed by atoms with van der Waals surface area (Å²) in [6.45, 7) is 0.0252. The fourth-order valence-electron chi connectivity index (χ4n) is 1.55. The van der Waals surface area contributed by atoms with Gasteiger partial charge in [0.15, 0.2) is 9.84 Å². The number of rotatable bonds is 3. The van der Waals surface area contributed by atoms with Crippen LogP contribution >= 0.6 is 12.4 Å². The van der Waals surface area contributed by atoms with Crippen LogP contribution in [0.15, 0.2) is 0 Å². The van der Waals surface area contributed by atoms with Crippen LogP contribution in [0.4, 0.5) is 0 Å². The highest BCUT2D eigenvalue weighted by Crippen LogP contribution is 2.50. The van der Waals surface area contributed by atoms with Crippen LogP contribution in [0.3, 0.4) is 0 Å². The second-order valence-electron chi connectivity index (χ2n) is 3.37. The highest BCUT2D eigenvalue weighted by molar-refractivity contribution is 7.91. The van der Waals surface area contributed by atoms with Gasteiger partial charge in [-0.15, -0.1) is 12.4 Å². The smallest absolute Gasteiger partial charge is 0.314 e. The van der Waals surface area contributed by atoms with Crippen molar-refractivity contribution >= 4 is 28.2 Å². The van der Waals surface area contributed by atoms with Gasteiger partial charge in [-0.1, -0.05) is 0 Å². The monoisotopic (exact) mass is 243 g/mol. The van der Waals surface area contributed by atoms with E-state index in [0.717, 1.165) is 6.26 Å². The molecule has 0 saturated heterocycles. The normalized spacial score (nSPS) is 30.4. The van der Waals surface area contributed by atoms with Gasteiger partial charge in [-0.05, 0) is 6.42 Å². The number of nitrogens with two attached hydrogens (primary N) is 1. The second kappa shape index (κ2) is 4.04. The Morgan fingerprint density at radius 3 is 2.36 bits per heavy atom. The first-order chi connectivity index (χ1) is 5.88. The van der Waals surface area contributed by atoms with E-state index in [1.165, 1.54) is 7.11 Å². The first-order valence-corrected chi connectivity index (χ1v) is 5.81. The topological polar surface area (TPSA) is 86.5 Å². The predicted octanol–water partition coefficient (Wildman–Crippen LogP) is -0.657. The standard InChI is InChI=1S/C7H13NO4S.ClH/c1-12-6(9)7(4-8)3-5(7)13(2,10)11;/h5H,3-4,8H2,1-2H3;1H. The Hall–Kier alpha value is -0.330. The van der Waals surface area contributed by atoms with Crippen LogP contribution in [-0.2, 0) is 19.4 Å². The summed E-state index contributed by atoms with van der Waals surface area (Å²) in [6.07, 6.45) is 1.40. The third-order valence-corrected chi connectivity index (χ3v) is 4.13. The van der Waals surface area contributed by atoms with Crippen LogP contribution in [0.5, 0.6) is 0 Å². The van der Waals surface area contributed by atoms with E-state index >= 15 is 0 Å². The predicted molar refractivity (Wildman–Crippen MR) is 54.0 cm³/mol. The molecule has 2 atom stereocenters. The SMILES string of the molecule is COC(=O)C1(CN)CC1S(C)(=O)=O.Cl. The van der Waals surface area contributed by atoms with Crippen molar-refractivity contribution in [2.24, 2.45) is 11.1 Å². The maximum atomic E-state index is 11.2. The molecular formula is C7H14ClNO4S. The molecule has 1 aliphatic rings. The molecule has 5 nitrogen and oxygen atoms in total. The number of carbonyl (C=O) groups is 1. The van der Waals surface area contributed by atoms with Gasteiger partial charge in [-0.25, -0.2) is 8.42 Å². The average Bonchev–Trinajstić information content (AvgIpc) is 2.78. The number of halogens is 1. The van der Waals surface area contributed by atoms with E-state index in [1.54, 1.807) is 0 Å². The number of hydrogen-bond acceptors (Lipinski definition) is 5. The summed E-state index contributed by atoms with van der Waals surface area (Å²) in [5.41, 5.74) is 4.40. The Morgan fingerprint density at radius 2 is 2.14 bits per heavy atom. The van der Waals surface area contributed by atoms with E-state index in [2.05, 4.69) is 4.74 Å². The lowest BCUT2D eigenvalue weighted by molar-refractivity contribution is -0.146. The van der Waals surface area contributed by atoms with Gasteiger partial charge in [0, 0.05) is 12.8 Å². The van der Waals surface area contributed by atoms with Crippen LogP contribution in [0, 0.1) is 5.41 Å². The molecular weight excluding hydrogens is 230 g/mol. The van der Waals surface area contributed by atoms with E-state index in [1.807, 2.05) is 0 Å². The summed E-state index contributed by atoms with van der Waals surface area (Å²) in [4.78, 5) is 11.2. The Kier molecular flexibility index (Phi) is 3.94. The van der Waals surface area contributed by atoms with E-state index in [-0.39, 0.29) is 25.4 Å². The van der Waals surface area contributed by atoms with Crippen LogP contribution in [-0.4, -0.2) is 39.5 Å². The molecule has 0 aliphatic heterocycles. The van der Waals surface area contributed by atoms with Crippen molar-refractivity contribution in [3.63, 3.8) is 0 Å². The summed E-state index contributed by atoms with van der Waals surface area (Å²) in [7, 11) is -1.95. The van der Waals surface area contributed by atoms with E-state index < -0.39 is 26.5 Å². The maximum Gasteiger partial charge on any atom is 0.314 e. The molecule has 7 heteroatoms. The van der Waals surface area contributed by atoms with Crippen LogP contribution in [0.1, 0.15) is 6.42 Å². The van der Waals surface area contributed by atoms with E-state index in [4.69, 9.17) is 5.73 Å². The summed E-state index contributed by atoms with van der Waals surface area (Å²) in [6, 6.07) is 0. The van der Waals surface area contributed by atoms with Crippen molar-refractivity contribution < 1.29 is 17.9 Å². The molecule has 0 aromatic rings. The van der Waals surface area contributed by atoms with Crippen LogP contribution < -0.4 is 5.73 Å². The Bertz CT molecular complexity index is 329. The lowest BCUT2D eigenvalue weighted by atomic mass is 10.1. The zero-order valence-electron chi connectivity index (χ0n) is 8.02. The number of hydrogen-bond donors (Lipinski definition) is 1. The molecule has 1 rings (SSSR count). The third-order valence-electron chi connectivity index (χ3n) is 2.48. The van der Waals surface area contributed by atoms with Crippen molar-refractivity contribution in [1.82, 2.24) is 0 Å². The van der Waals surface area contributed by atoms with Crippen molar-refractivity contribution in [3.8, 4) is 0 Å². The van der Waals surface area contributed by atoms with Gasteiger partial charge in [-0.2, -0.15) is 0 Å². The highest BCUT2D eigenvalue weighted by Gasteiger charge is 2.65. The van der Waals surface area contributed by atoms with Gasteiger partial charge >= 0.3 is 5.97 Å². The summed E-state index contributed by atoms with van der Waals surface area (Å²) >= 11 is 0. The lowest BCUT2D eigenvalue weighted by Gasteiger charge is -2.10. The molecule has 0 aromatic carbocycles. The van der Waals surface area contributed by atoms with Gasteiger partial charge in [0.2, 0.25) is 0 Å². The van der Waals surface area contributed by atoms with Crippen molar-refractivity contribution in [1.29, 1.82) is 0 Å². The molecule has 0 spiro atoms. The minimum absolute atomic E-state index is 0. The fraction of sp³-hybridized carbons (Fsp3) is 0.857. The molecule has 1 aliphatic carbocycles. The summed E-state index contributed by atoms with van der Waals surface area (Å²) < 4.78 is 26.8. The molecule has 0 aromatic heterocycles. The molecule has 1 fully saturated rings. The Morgan fingerprint density at radius 1 is 1.64 bits per heavy atom.